The van der Waals surface area contributed by atoms with Crippen molar-refractivity contribution in [2.24, 2.45) is 11.3 Å². The van der Waals surface area contributed by atoms with Crippen molar-refractivity contribution in [3.05, 3.63) is 0 Å². The first-order valence-corrected chi connectivity index (χ1v) is 4.30. The van der Waals surface area contributed by atoms with Gasteiger partial charge in [0.2, 0.25) is 0 Å². The maximum atomic E-state index is 11.1. The summed E-state index contributed by atoms with van der Waals surface area (Å²) >= 11 is 0. The van der Waals surface area contributed by atoms with Gasteiger partial charge in [0.1, 0.15) is 6.10 Å². The molecule has 2 fully saturated rings. The molecular formula is C9H14O2. The molecule has 0 aromatic carbocycles. The second kappa shape index (κ2) is 1.99. The van der Waals surface area contributed by atoms with Gasteiger partial charge in [-0.1, -0.05) is 13.8 Å². The van der Waals surface area contributed by atoms with Crippen molar-refractivity contribution in [3.63, 3.8) is 0 Å². The van der Waals surface area contributed by atoms with Crippen molar-refractivity contribution < 1.29 is 9.53 Å². The highest BCUT2D eigenvalue weighted by atomic mass is 16.6. The summed E-state index contributed by atoms with van der Waals surface area (Å²) in [6, 6.07) is 0. The van der Waals surface area contributed by atoms with E-state index in [0.29, 0.717) is 0 Å². The molecule has 0 N–H and O–H groups in total. The van der Waals surface area contributed by atoms with Crippen LogP contribution >= 0.6 is 0 Å². The number of carbonyl (C=O) groups excluding carboxylic acids is 1. The summed E-state index contributed by atoms with van der Waals surface area (Å²) in [5, 5.41) is 0. The van der Waals surface area contributed by atoms with E-state index in [1.54, 1.807) is 0 Å². The largest absolute Gasteiger partial charge is 0.462 e. The van der Waals surface area contributed by atoms with Gasteiger partial charge in [-0.2, -0.15) is 0 Å². The van der Waals surface area contributed by atoms with Gasteiger partial charge in [0, 0.05) is 5.41 Å². The fourth-order valence-electron chi connectivity index (χ4n) is 2.06. The van der Waals surface area contributed by atoms with Crippen molar-refractivity contribution in [1.29, 1.82) is 0 Å². The van der Waals surface area contributed by atoms with Crippen LogP contribution in [0.1, 0.15) is 33.1 Å². The van der Waals surface area contributed by atoms with Gasteiger partial charge in [0.15, 0.2) is 0 Å². The molecule has 2 rings (SSSR count). The van der Waals surface area contributed by atoms with E-state index >= 15 is 0 Å². The Kier molecular flexibility index (Phi) is 1.29. The number of hydrogen-bond acceptors (Lipinski definition) is 2. The van der Waals surface area contributed by atoms with E-state index in [9.17, 15) is 4.79 Å². The molecule has 0 radical (unpaired) electrons. The molecule has 62 valence electrons. The lowest BCUT2D eigenvalue weighted by Gasteiger charge is -2.32. The predicted molar refractivity (Wildman–Crippen MR) is 41.0 cm³/mol. The highest BCUT2D eigenvalue weighted by Gasteiger charge is 2.47. The smallest absolute Gasteiger partial charge is 0.309 e. The number of fused-ring (bicyclic) bond motifs is 2. The van der Waals surface area contributed by atoms with Gasteiger partial charge in [-0.05, 0) is 19.3 Å². The maximum Gasteiger partial charge on any atom is 0.309 e. The molecule has 0 spiro atoms. The minimum absolute atomic E-state index is 0.0422. The third kappa shape index (κ3) is 0.959. The Morgan fingerprint density at radius 2 is 2.27 bits per heavy atom. The number of hydrogen-bond donors (Lipinski definition) is 0. The van der Waals surface area contributed by atoms with E-state index in [0.717, 1.165) is 19.3 Å². The minimum Gasteiger partial charge on any atom is -0.462 e. The van der Waals surface area contributed by atoms with Crippen LogP contribution in [-0.4, -0.2) is 12.1 Å². The van der Waals surface area contributed by atoms with Crippen molar-refractivity contribution in [2.45, 2.75) is 39.2 Å². The van der Waals surface area contributed by atoms with E-state index < -0.39 is 0 Å². The van der Waals surface area contributed by atoms with Gasteiger partial charge in [-0.3, -0.25) is 4.79 Å². The standard InChI is InChI=1S/C9H14O2/c1-9(2)4-3-6-5-7(9)11-8(6)10/h6-7H,3-5H2,1-2H3/t6-,7?/m1/s1. The van der Waals surface area contributed by atoms with Gasteiger partial charge in [-0.15, -0.1) is 0 Å². The van der Waals surface area contributed by atoms with Crippen molar-refractivity contribution in [1.82, 2.24) is 0 Å². The first kappa shape index (κ1) is 7.14. The predicted octanol–water partition coefficient (Wildman–Crippen LogP) is 1.74. The first-order valence-electron chi connectivity index (χ1n) is 4.30. The fraction of sp³-hybridized carbons (Fsp3) is 0.889. The second-order valence-electron chi connectivity index (χ2n) is 4.39. The van der Waals surface area contributed by atoms with Crippen LogP contribution in [0.4, 0.5) is 0 Å². The molecule has 2 bridgehead atoms. The van der Waals surface area contributed by atoms with E-state index in [1.807, 2.05) is 0 Å². The Labute approximate surface area is 66.9 Å². The Balaban J connectivity index is 2.21. The van der Waals surface area contributed by atoms with Crippen LogP contribution < -0.4 is 0 Å². The van der Waals surface area contributed by atoms with E-state index in [2.05, 4.69) is 13.8 Å². The average Bonchev–Trinajstić information content (AvgIpc) is 2.23. The zero-order chi connectivity index (χ0) is 8.06. The normalized spacial score (nSPS) is 40.4. The van der Waals surface area contributed by atoms with Gasteiger partial charge in [0.05, 0.1) is 5.92 Å². The Hall–Kier alpha value is -0.530. The molecule has 1 aliphatic carbocycles. The molecule has 0 aromatic rings. The molecule has 1 unspecified atom stereocenters. The molecule has 2 heteroatoms. The highest BCUT2D eigenvalue weighted by molar-refractivity contribution is 5.75. The Morgan fingerprint density at radius 3 is 2.91 bits per heavy atom. The number of carbonyl (C=O) groups is 1. The summed E-state index contributed by atoms with van der Waals surface area (Å²) in [4.78, 5) is 11.1. The van der Waals surface area contributed by atoms with Crippen LogP contribution in [0, 0.1) is 11.3 Å². The summed E-state index contributed by atoms with van der Waals surface area (Å²) < 4.78 is 5.26. The second-order valence-corrected chi connectivity index (χ2v) is 4.39. The lowest BCUT2D eigenvalue weighted by molar-refractivity contribution is -0.145. The van der Waals surface area contributed by atoms with Crippen LogP contribution in [-0.2, 0) is 9.53 Å². The van der Waals surface area contributed by atoms with Crippen LogP contribution in [0.25, 0.3) is 0 Å². The summed E-state index contributed by atoms with van der Waals surface area (Å²) in [5.74, 6) is 0.272. The third-order valence-corrected chi connectivity index (χ3v) is 3.10. The molecule has 2 nitrogen and oxygen atoms in total. The zero-order valence-electron chi connectivity index (χ0n) is 7.09. The number of ether oxygens (including phenoxy) is 1. The molecular weight excluding hydrogens is 140 g/mol. The van der Waals surface area contributed by atoms with E-state index in [-0.39, 0.29) is 23.4 Å². The van der Waals surface area contributed by atoms with E-state index in [4.69, 9.17) is 4.74 Å². The lowest BCUT2D eigenvalue weighted by Crippen LogP contribution is -2.31. The maximum absolute atomic E-state index is 11.1. The minimum atomic E-state index is 0.0422. The monoisotopic (exact) mass is 154 g/mol. The SMILES string of the molecule is CC1(C)CC[C@@H]2CC1OC2=O. The molecule has 2 aliphatic rings. The Morgan fingerprint density at radius 1 is 1.55 bits per heavy atom. The molecule has 1 saturated heterocycles. The van der Waals surface area contributed by atoms with Crippen LogP contribution in [0.3, 0.4) is 0 Å². The fourth-order valence-corrected chi connectivity index (χ4v) is 2.06. The Bertz CT molecular complexity index is 196. The van der Waals surface area contributed by atoms with Gasteiger partial charge >= 0.3 is 5.97 Å². The summed E-state index contributed by atoms with van der Waals surface area (Å²) in [7, 11) is 0. The van der Waals surface area contributed by atoms with Gasteiger partial charge < -0.3 is 4.74 Å². The van der Waals surface area contributed by atoms with Crippen LogP contribution in [0.5, 0.6) is 0 Å². The van der Waals surface area contributed by atoms with Gasteiger partial charge in [-0.25, -0.2) is 0 Å². The van der Waals surface area contributed by atoms with E-state index in [1.165, 1.54) is 0 Å². The van der Waals surface area contributed by atoms with Crippen molar-refractivity contribution in [3.8, 4) is 0 Å². The quantitative estimate of drug-likeness (QED) is 0.497. The molecule has 1 aliphatic heterocycles. The number of rotatable bonds is 0. The molecule has 1 heterocycles. The summed E-state index contributed by atoms with van der Waals surface area (Å²) in [5.41, 5.74) is 0.225. The van der Waals surface area contributed by atoms with Gasteiger partial charge in [0.25, 0.3) is 0 Å². The topological polar surface area (TPSA) is 26.3 Å². The third-order valence-electron chi connectivity index (χ3n) is 3.10. The zero-order valence-corrected chi connectivity index (χ0v) is 7.09. The lowest BCUT2D eigenvalue weighted by atomic mass is 9.73. The average molecular weight is 154 g/mol. The first-order chi connectivity index (χ1) is 5.09. The highest BCUT2D eigenvalue weighted by Crippen LogP contribution is 2.45. The number of esters is 1. The molecule has 11 heavy (non-hydrogen) atoms. The molecule has 1 saturated carbocycles. The van der Waals surface area contributed by atoms with Crippen molar-refractivity contribution in [2.75, 3.05) is 0 Å². The van der Waals surface area contributed by atoms with Crippen molar-refractivity contribution >= 4 is 5.97 Å². The van der Waals surface area contributed by atoms with Crippen LogP contribution in [0.15, 0.2) is 0 Å². The van der Waals surface area contributed by atoms with Crippen LogP contribution in [0.2, 0.25) is 0 Å². The molecule has 0 aromatic heterocycles. The summed E-state index contributed by atoms with van der Waals surface area (Å²) in [6.07, 6.45) is 3.33. The summed E-state index contributed by atoms with van der Waals surface area (Å²) in [6.45, 7) is 4.37. The molecule has 0 amide bonds. The molecule has 2 atom stereocenters.